The molecule has 0 unspecified atom stereocenters. The van der Waals surface area contributed by atoms with E-state index in [0.29, 0.717) is 34.6 Å². The van der Waals surface area contributed by atoms with Crippen LogP contribution in [0.3, 0.4) is 0 Å². The molecule has 35 heavy (non-hydrogen) atoms. The van der Waals surface area contributed by atoms with Crippen LogP contribution in [0.2, 0.25) is 0 Å². The van der Waals surface area contributed by atoms with Gasteiger partial charge in [-0.25, -0.2) is 4.79 Å². The van der Waals surface area contributed by atoms with E-state index in [9.17, 15) is 14.4 Å². The van der Waals surface area contributed by atoms with Crippen LogP contribution in [0, 0.1) is 11.8 Å². The van der Waals surface area contributed by atoms with Gasteiger partial charge in [0.25, 0.3) is 0 Å². The molecule has 3 atom stereocenters. The summed E-state index contributed by atoms with van der Waals surface area (Å²) in [5.41, 5.74) is 2.91. The maximum atomic E-state index is 13.8. The molecule has 1 heterocycles. The average Bonchev–Trinajstić information content (AvgIpc) is 3.11. The van der Waals surface area contributed by atoms with Crippen LogP contribution in [-0.2, 0) is 23.9 Å². The van der Waals surface area contributed by atoms with E-state index in [0.717, 1.165) is 44.2 Å². The van der Waals surface area contributed by atoms with E-state index in [1.807, 2.05) is 38.1 Å². The summed E-state index contributed by atoms with van der Waals surface area (Å²) in [4.78, 5) is 40.1. The van der Waals surface area contributed by atoms with Crippen molar-refractivity contribution in [1.29, 1.82) is 0 Å². The summed E-state index contributed by atoms with van der Waals surface area (Å²) in [6.45, 7) is 3.72. The van der Waals surface area contributed by atoms with Gasteiger partial charge in [0.1, 0.15) is 17.8 Å². The minimum Gasteiger partial charge on any atom is -0.496 e. The molecule has 1 aliphatic heterocycles. The first-order valence-corrected chi connectivity index (χ1v) is 12.5. The molecular weight excluding hydrogens is 446 g/mol. The van der Waals surface area contributed by atoms with E-state index in [-0.39, 0.29) is 17.8 Å². The van der Waals surface area contributed by atoms with Crippen molar-refractivity contribution in [3.63, 3.8) is 0 Å². The van der Waals surface area contributed by atoms with Crippen molar-refractivity contribution in [2.24, 2.45) is 11.8 Å². The van der Waals surface area contributed by atoms with Crippen LogP contribution in [0.25, 0.3) is 0 Å². The van der Waals surface area contributed by atoms with Crippen LogP contribution < -0.4 is 10.1 Å². The minimum absolute atomic E-state index is 0.135. The van der Waals surface area contributed by atoms with E-state index < -0.39 is 23.8 Å². The number of para-hydroxylation sites is 1. The van der Waals surface area contributed by atoms with E-state index in [4.69, 9.17) is 14.2 Å². The molecule has 0 radical (unpaired) electrons. The number of nitrogens with one attached hydrogen (secondary N) is 1. The Kier molecular flexibility index (Phi) is 7.63. The summed E-state index contributed by atoms with van der Waals surface area (Å²) in [7, 11) is 2.86. The number of ether oxygens (including phenoxy) is 3. The molecular formula is C28H35NO6. The fourth-order valence-corrected chi connectivity index (χ4v) is 5.74. The first-order chi connectivity index (χ1) is 16.9. The first-order valence-electron chi connectivity index (χ1n) is 12.5. The predicted molar refractivity (Wildman–Crippen MR) is 130 cm³/mol. The van der Waals surface area contributed by atoms with Gasteiger partial charge in [-0.05, 0) is 51.0 Å². The molecule has 0 amide bonds. The first kappa shape index (κ1) is 25.0. The van der Waals surface area contributed by atoms with Crippen molar-refractivity contribution in [2.75, 3.05) is 14.2 Å². The molecule has 1 aromatic rings. The summed E-state index contributed by atoms with van der Waals surface area (Å²) >= 11 is 0. The molecule has 3 aliphatic rings. The van der Waals surface area contributed by atoms with Crippen LogP contribution in [0.15, 0.2) is 46.8 Å². The molecule has 0 spiro atoms. The summed E-state index contributed by atoms with van der Waals surface area (Å²) in [5.74, 6) is -2.58. The van der Waals surface area contributed by atoms with Crippen molar-refractivity contribution in [2.45, 2.75) is 70.8 Å². The SMILES string of the molecule is COC(=O)[C@@H]1C(=O)C2=C(C[C@@H]1C)NC(C)=C(C(=O)OC1CCCCCC1)[C@H]2c1ccccc1OC. The van der Waals surface area contributed by atoms with Gasteiger partial charge in [0.15, 0.2) is 5.78 Å². The number of dihydropyridines is 1. The molecule has 2 aliphatic carbocycles. The van der Waals surface area contributed by atoms with Gasteiger partial charge >= 0.3 is 11.9 Å². The monoisotopic (exact) mass is 481 g/mol. The second-order valence-electron chi connectivity index (χ2n) is 9.80. The zero-order valence-corrected chi connectivity index (χ0v) is 21.0. The molecule has 4 rings (SSSR count). The minimum atomic E-state index is -0.921. The quantitative estimate of drug-likeness (QED) is 0.374. The largest absolute Gasteiger partial charge is 0.496 e. The van der Waals surface area contributed by atoms with Crippen molar-refractivity contribution < 1.29 is 28.6 Å². The van der Waals surface area contributed by atoms with E-state index in [1.165, 1.54) is 7.11 Å². The lowest BCUT2D eigenvalue weighted by Crippen LogP contribution is -2.43. The predicted octanol–water partition coefficient (Wildman–Crippen LogP) is 4.57. The lowest BCUT2D eigenvalue weighted by atomic mass is 9.69. The van der Waals surface area contributed by atoms with Crippen molar-refractivity contribution in [3.8, 4) is 5.75 Å². The molecule has 1 saturated carbocycles. The van der Waals surface area contributed by atoms with Gasteiger partial charge in [-0.15, -0.1) is 0 Å². The fourth-order valence-electron chi connectivity index (χ4n) is 5.74. The molecule has 0 saturated heterocycles. The van der Waals surface area contributed by atoms with Gasteiger partial charge in [-0.3, -0.25) is 9.59 Å². The summed E-state index contributed by atoms with van der Waals surface area (Å²) in [6.07, 6.45) is 6.43. The Hall–Kier alpha value is -3.09. The Morgan fingerprint density at radius 2 is 1.71 bits per heavy atom. The molecule has 0 aromatic heterocycles. The maximum Gasteiger partial charge on any atom is 0.337 e. The molecule has 0 bridgehead atoms. The van der Waals surface area contributed by atoms with Crippen molar-refractivity contribution >= 4 is 17.7 Å². The van der Waals surface area contributed by atoms with Crippen LogP contribution >= 0.6 is 0 Å². The van der Waals surface area contributed by atoms with Gasteiger partial charge in [0.2, 0.25) is 0 Å². The van der Waals surface area contributed by atoms with Gasteiger partial charge < -0.3 is 19.5 Å². The average molecular weight is 482 g/mol. The molecule has 1 N–H and O–H groups in total. The van der Waals surface area contributed by atoms with E-state index in [2.05, 4.69) is 5.32 Å². The van der Waals surface area contributed by atoms with Gasteiger partial charge in [0, 0.05) is 22.5 Å². The zero-order chi connectivity index (χ0) is 25.1. The summed E-state index contributed by atoms with van der Waals surface area (Å²) in [5, 5.41) is 3.32. The number of esters is 2. The fraction of sp³-hybridized carbons (Fsp3) is 0.536. The van der Waals surface area contributed by atoms with Crippen LogP contribution in [0.1, 0.15) is 70.3 Å². The second kappa shape index (κ2) is 10.7. The van der Waals surface area contributed by atoms with Crippen LogP contribution in [0.5, 0.6) is 5.75 Å². The number of benzene rings is 1. The Morgan fingerprint density at radius 1 is 1.03 bits per heavy atom. The number of ketones is 1. The number of hydrogen-bond donors (Lipinski definition) is 1. The van der Waals surface area contributed by atoms with Crippen molar-refractivity contribution in [1.82, 2.24) is 5.32 Å². The molecule has 188 valence electrons. The Balaban J connectivity index is 1.80. The second-order valence-corrected chi connectivity index (χ2v) is 9.80. The normalized spacial score (nSPS) is 25.4. The molecule has 7 nitrogen and oxygen atoms in total. The number of carbonyl (C=O) groups is 3. The number of hydrogen-bond acceptors (Lipinski definition) is 7. The van der Waals surface area contributed by atoms with Gasteiger partial charge in [-0.1, -0.05) is 38.0 Å². The third-order valence-electron chi connectivity index (χ3n) is 7.49. The lowest BCUT2D eigenvalue weighted by molar-refractivity contribution is -0.151. The van der Waals surface area contributed by atoms with Crippen LogP contribution in [-0.4, -0.2) is 38.0 Å². The maximum absolute atomic E-state index is 13.8. The topological polar surface area (TPSA) is 90.9 Å². The highest BCUT2D eigenvalue weighted by molar-refractivity contribution is 6.12. The van der Waals surface area contributed by atoms with Gasteiger partial charge in [-0.2, -0.15) is 0 Å². The van der Waals surface area contributed by atoms with E-state index in [1.54, 1.807) is 7.11 Å². The lowest BCUT2D eigenvalue weighted by Gasteiger charge is -2.38. The standard InChI is InChI=1S/C28H35NO6/c1-16-15-20-25(26(30)22(16)27(31)34-4)24(19-13-9-10-14-21(19)33-3)23(17(2)29-20)28(32)35-18-11-7-5-6-8-12-18/h9-10,13-14,16,18,22,24,29H,5-8,11-12,15H2,1-4H3/t16-,22-,24+/m0/s1. The Morgan fingerprint density at radius 3 is 2.37 bits per heavy atom. The number of carbonyl (C=O) groups excluding carboxylic acids is 3. The Bertz CT molecular complexity index is 1060. The summed E-state index contributed by atoms with van der Waals surface area (Å²) < 4.78 is 16.6. The van der Waals surface area contributed by atoms with Crippen molar-refractivity contribution in [3.05, 3.63) is 52.4 Å². The zero-order valence-electron chi connectivity index (χ0n) is 21.0. The third kappa shape index (κ3) is 4.86. The molecule has 1 aromatic carbocycles. The Labute approximate surface area is 206 Å². The third-order valence-corrected chi connectivity index (χ3v) is 7.49. The van der Waals surface area contributed by atoms with Crippen LogP contribution in [0.4, 0.5) is 0 Å². The molecule has 7 heteroatoms. The number of methoxy groups -OCH3 is 2. The number of rotatable bonds is 5. The molecule has 1 fully saturated rings. The van der Waals surface area contributed by atoms with Gasteiger partial charge in [0.05, 0.1) is 25.7 Å². The highest BCUT2D eigenvalue weighted by atomic mass is 16.5. The summed E-state index contributed by atoms with van der Waals surface area (Å²) in [6, 6.07) is 7.39. The number of allylic oxidation sites excluding steroid dienone is 3. The van der Waals surface area contributed by atoms with E-state index >= 15 is 0 Å². The number of Topliss-reactive ketones (excluding diaryl/α,β-unsaturated/α-hetero) is 1. The highest BCUT2D eigenvalue weighted by Crippen LogP contribution is 2.47. The smallest absolute Gasteiger partial charge is 0.337 e. The highest BCUT2D eigenvalue weighted by Gasteiger charge is 2.48.